The van der Waals surface area contributed by atoms with Crippen LogP contribution in [0, 0.1) is 30.1 Å². The molecule has 3 heterocycles. The summed E-state index contributed by atoms with van der Waals surface area (Å²) in [7, 11) is 1.94. The summed E-state index contributed by atoms with van der Waals surface area (Å²) in [4.78, 5) is 2.70. The van der Waals surface area contributed by atoms with E-state index in [0.29, 0.717) is 5.41 Å². The second-order valence-electron chi connectivity index (χ2n) is 10.4. The highest BCUT2D eigenvalue weighted by atomic mass is 15.3. The molecule has 2 aliphatic rings. The predicted molar refractivity (Wildman–Crippen MR) is 118 cm³/mol. The Morgan fingerprint density at radius 1 is 1.10 bits per heavy atom. The molecular weight excluding hydrogens is 360 g/mol. The molecule has 4 rings (SSSR count). The van der Waals surface area contributed by atoms with Gasteiger partial charge >= 0.3 is 0 Å². The predicted octanol–water partition coefficient (Wildman–Crippen LogP) is 3.99. The van der Waals surface area contributed by atoms with Crippen molar-refractivity contribution in [2.75, 3.05) is 31.5 Å². The Morgan fingerprint density at radius 2 is 1.83 bits per heavy atom. The highest BCUT2D eigenvalue weighted by molar-refractivity contribution is 5.59. The Balaban J connectivity index is 1.24. The second kappa shape index (κ2) is 8.05. The lowest BCUT2D eigenvalue weighted by Crippen LogP contribution is -2.27. The maximum atomic E-state index is 4.42. The van der Waals surface area contributed by atoms with Gasteiger partial charge in [0.1, 0.15) is 11.5 Å². The summed E-state index contributed by atoms with van der Waals surface area (Å²) < 4.78 is 1.86. The number of aryl methyl sites for hydroxylation is 2. The third-order valence-electron chi connectivity index (χ3n) is 6.70. The van der Waals surface area contributed by atoms with Crippen molar-refractivity contribution in [3.63, 3.8) is 0 Å². The fourth-order valence-corrected chi connectivity index (χ4v) is 5.08. The smallest absolute Gasteiger partial charge is 0.148 e. The first-order valence-corrected chi connectivity index (χ1v) is 11.1. The number of nitrogens with one attached hydrogen (secondary N) is 1. The molecule has 1 aliphatic heterocycles. The van der Waals surface area contributed by atoms with E-state index >= 15 is 0 Å². The number of fused-ring (bicyclic) bond motifs is 1. The van der Waals surface area contributed by atoms with Crippen LogP contribution in [-0.4, -0.2) is 51.1 Å². The Kier molecular flexibility index (Phi) is 5.65. The van der Waals surface area contributed by atoms with Gasteiger partial charge in [0.2, 0.25) is 0 Å². The number of anilines is 1. The molecule has 6 nitrogen and oxygen atoms in total. The summed E-state index contributed by atoms with van der Waals surface area (Å²) >= 11 is 0. The van der Waals surface area contributed by atoms with E-state index in [1.807, 2.05) is 30.1 Å². The zero-order valence-corrected chi connectivity index (χ0v) is 18.6. The Morgan fingerprint density at radius 3 is 2.38 bits per heavy atom. The molecule has 1 aliphatic carbocycles. The van der Waals surface area contributed by atoms with Crippen LogP contribution in [0.25, 0.3) is 11.4 Å². The second-order valence-corrected chi connectivity index (χ2v) is 10.4. The average molecular weight is 397 g/mol. The van der Waals surface area contributed by atoms with Crippen molar-refractivity contribution in [3.05, 3.63) is 23.9 Å². The van der Waals surface area contributed by atoms with Crippen molar-refractivity contribution < 1.29 is 0 Å². The summed E-state index contributed by atoms with van der Waals surface area (Å²) in [5.74, 6) is 3.42. The molecule has 0 spiro atoms. The van der Waals surface area contributed by atoms with Crippen LogP contribution in [0.15, 0.2) is 18.3 Å². The average Bonchev–Trinajstić information content (AvgIpc) is 3.31. The standard InChI is InChI=1S/C23H36N6/c1-16-12-25-28(5)22(16)20-6-7-21(27-26-20)24-13-17-10-18-14-29(15-19(18)11-17)9-8-23(2,3)4/h6-7,12,17-19H,8-11,13-15H2,1-5H3,(H,24,27)/t17?,18-,19?/m1/s1. The maximum absolute atomic E-state index is 4.42. The molecule has 1 N–H and O–H groups in total. The minimum atomic E-state index is 0.441. The number of hydrogen-bond donors (Lipinski definition) is 1. The van der Waals surface area contributed by atoms with E-state index < -0.39 is 0 Å². The normalized spacial score (nSPS) is 24.8. The van der Waals surface area contributed by atoms with E-state index in [0.717, 1.165) is 47.1 Å². The summed E-state index contributed by atoms with van der Waals surface area (Å²) in [6, 6.07) is 4.08. The maximum Gasteiger partial charge on any atom is 0.148 e. The number of rotatable bonds is 6. The van der Waals surface area contributed by atoms with E-state index in [2.05, 4.69) is 53.2 Å². The van der Waals surface area contributed by atoms with Crippen molar-refractivity contribution in [2.24, 2.45) is 30.2 Å². The molecule has 0 aromatic carbocycles. The zero-order chi connectivity index (χ0) is 20.6. The Hall–Kier alpha value is -1.95. The van der Waals surface area contributed by atoms with Gasteiger partial charge in [0, 0.05) is 26.7 Å². The van der Waals surface area contributed by atoms with Gasteiger partial charge < -0.3 is 10.2 Å². The molecule has 6 heteroatoms. The molecule has 3 atom stereocenters. The minimum Gasteiger partial charge on any atom is -0.368 e. The summed E-state index contributed by atoms with van der Waals surface area (Å²) in [5, 5.41) is 16.6. The molecule has 29 heavy (non-hydrogen) atoms. The fraction of sp³-hybridized carbons (Fsp3) is 0.696. The van der Waals surface area contributed by atoms with Crippen LogP contribution in [0.1, 0.15) is 45.6 Å². The molecule has 158 valence electrons. The van der Waals surface area contributed by atoms with Crippen LogP contribution in [-0.2, 0) is 7.05 Å². The van der Waals surface area contributed by atoms with Gasteiger partial charge in [-0.25, -0.2) is 0 Å². The van der Waals surface area contributed by atoms with Gasteiger partial charge in [0.15, 0.2) is 0 Å². The molecule has 2 aromatic rings. The van der Waals surface area contributed by atoms with E-state index in [1.165, 1.54) is 38.9 Å². The molecule has 1 saturated carbocycles. The lowest BCUT2D eigenvalue weighted by atomic mass is 9.92. The van der Waals surface area contributed by atoms with E-state index in [9.17, 15) is 0 Å². The highest BCUT2D eigenvalue weighted by Gasteiger charge is 2.40. The Bertz CT molecular complexity index is 785. The minimum absolute atomic E-state index is 0.441. The van der Waals surface area contributed by atoms with Crippen molar-refractivity contribution in [1.29, 1.82) is 0 Å². The van der Waals surface area contributed by atoms with Gasteiger partial charge in [-0.2, -0.15) is 5.10 Å². The summed E-state index contributed by atoms with van der Waals surface area (Å²) in [6.07, 6.45) is 5.86. The van der Waals surface area contributed by atoms with Crippen molar-refractivity contribution in [2.45, 2.75) is 47.0 Å². The topological polar surface area (TPSA) is 58.9 Å². The first-order chi connectivity index (χ1) is 13.8. The molecule has 1 saturated heterocycles. The quantitative estimate of drug-likeness (QED) is 0.800. The van der Waals surface area contributed by atoms with Crippen LogP contribution in [0.2, 0.25) is 0 Å². The molecular formula is C23H36N6. The number of aromatic nitrogens is 4. The first-order valence-electron chi connectivity index (χ1n) is 11.1. The monoisotopic (exact) mass is 396 g/mol. The van der Waals surface area contributed by atoms with Crippen LogP contribution >= 0.6 is 0 Å². The summed E-state index contributed by atoms with van der Waals surface area (Å²) in [5.41, 5.74) is 3.47. The van der Waals surface area contributed by atoms with Crippen LogP contribution < -0.4 is 5.32 Å². The van der Waals surface area contributed by atoms with Crippen LogP contribution in [0.4, 0.5) is 5.82 Å². The molecule has 0 bridgehead atoms. The van der Waals surface area contributed by atoms with E-state index in [4.69, 9.17) is 0 Å². The SMILES string of the molecule is Cc1cnn(C)c1-c1ccc(NCC2CC3CN(CCC(C)(C)C)C[C@H]3C2)nn1. The van der Waals surface area contributed by atoms with Crippen molar-refractivity contribution in [3.8, 4) is 11.4 Å². The molecule has 2 aromatic heterocycles. The van der Waals surface area contributed by atoms with Gasteiger partial charge in [-0.05, 0) is 73.6 Å². The van der Waals surface area contributed by atoms with Gasteiger partial charge in [0.05, 0.1) is 11.9 Å². The highest BCUT2D eigenvalue weighted by Crippen LogP contribution is 2.41. The number of nitrogens with zero attached hydrogens (tertiary/aromatic N) is 5. The molecule has 2 fully saturated rings. The van der Waals surface area contributed by atoms with E-state index in [1.54, 1.807) is 0 Å². The van der Waals surface area contributed by atoms with Gasteiger partial charge in [0.25, 0.3) is 0 Å². The third kappa shape index (κ3) is 4.80. The Labute approximate surface area is 175 Å². The first kappa shape index (κ1) is 20.3. The lowest BCUT2D eigenvalue weighted by molar-refractivity contribution is 0.246. The number of hydrogen-bond acceptors (Lipinski definition) is 5. The van der Waals surface area contributed by atoms with Gasteiger partial charge in [-0.1, -0.05) is 20.8 Å². The zero-order valence-electron chi connectivity index (χ0n) is 18.6. The molecule has 0 amide bonds. The molecule has 2 unspecified atom stereocenters. The van der Waals surface area contributed by atoms with Crippen molar-refractivity contribution >= 4 is 5.82 Å². The third-order valence-corrected chi connectivity index (χ3v) is 6.70. The van der Waals surface area contributed by atoms with Gasteiger partial charge in [-0.3, -0.25) is 4.68 Å². The van der Waals surface area contributed by atoms with E-state index in [-0.39, 0.29) is 0 Å². The lowest BCUT2D eigenvalue weighted by Gasteiger charge is -2.24. The van der Waals surface area contributed by atoms with Crippen LogP contribution in [0.3, 0.4) is 0 Å². The molecule has 0 radical (unpaired) electrons. The van der Waals surface area contributed by atoms with Crippen LogP contribution in [0.5, 0.6) is 0 Å². The fourth-order valence-electron chi connectivity index (χ4n) is 5.08. The van der Waals surface area contributed by atoms with Gasteiger partial charge in [-0.15, -0.1) is 10.2 Å². The summed E-state index contributed by atoms with van der Waals surface area (Å²) in [6.45, 7) is 14.0. The number of likely N-dealkylation sites (tertiary alicyclic amines) is 1. The van der Waals surface area contributed by atoms with Crippen molar-refractivity contribution in [1.82, 2.24) is 24.9 Å². The largest absolute Gasteiger partial charge is 0.368 e.